The third kappa shape index (κ3) is 4.12. The molecule has 1 saturated carbocycles. The maximum Gasteiger partial charge on any atom is 0.220 e. The molecule has 6 nitrogen and oxygen atoms in total. The predicted molar refractivity (Wildman–Crippen MR) is 92.7 cm³/mol. The molecule has 0 heterocycles. The van der Waals surface area contributed by atoms with Crippen molar-refractivity contribution < 1.29 is 19.0 Å². The number of benzene rings is 1. The lowest BCUT2D eigenvalue weighted by Gasteiger charge is -2.29. The van der Waals surface area contributed by atoms with Crippen molar-refractivity contribution in [2.45, 2.75) is 38.1 Å². The Balaban J connectivity index is 2.02. The highest BCUT2D eigenvalue weighted by atomic mass is 16.5. The summed E-state index contributed by atoms with van der Waals surface area (Å²) in [7, 11) is 4.73. The molecule has 0 aliphatic heterocycles. The van der Waals surface area contributed by atoms with Crippen LogP contribution in [0.5, 0.6) is 17.2 Å². The molecule has 0 saturated heterocycles. The van der Waals surface area contributed by atoms with Crippen LogP contribution < -0.4 is 25.3 Å². The number of amides is 1. The number of nitrogens with one attached hydrogen (secondary N) is 1. The van der Waals surface area contributed by atoms with Gasteiger partial charge >= 0.3 is 0 Å². The second-order valence-corrected chi connectivity index (χ2v) is 6.48. The second kappa shape index (κ2) is 7.75. The van der Waals surface area contributed by atoms with Gasteiger partial charge in [-0.3, -0.25) is 4.79 Å². The van der Waals surface area contributed by atoms with Crippen molar-refractivity contribution in [3.63, 3.8) is 0 Å². The van der Waals surface area contributed by atoms with Crippen molar-refractivity contribution in [2.75, 3.05) is 27.9 Å². The van der Waals surface area contributed by atoms with Gasteiger partial charge in [-0.15, -0.1) is 0 Å². The van der Waals surface area contributed by atoms with Crippen LogP contribution in [-0.2, 0) is 11.2 Å². The first kappa shape index (κ1) is 18.4. The maximum atomic E-state index is 12.3. The number of rotatable bonds is 9. The number of aryl methyl sites for hydroxylation is 1. The third-order valence-corrected chi connectivity index (χ3v) is 4.69. The Bertz CT molecular complexity index is 561. The first-order valence-electron chi connectivity index (χ1n) is 8.27. The van der Waals surface area contributed by atoms with E-state index in [1.54, 1.807) is 21.3 Å². The van der Waals surface area contributed by atoms with Crippen molar-refractivity contribution in [2.24, 2.45) is 11.7 Å². The Morgan fingerprint density at radius 1 is 1.21 bits per heavy atom. The molecule has 1 amide bonds. The zero-order valence-corrected chi connectivity index (χ0v) is 15.0. The van der Waals surface area contributed by atoms with Crippen LogP contribution in [0.1, 0.15) is 31.7 Å². The molecular weight excluding hydrogens is 308 g/mol. The molecule has 2 rings (SSSR count). The molecule has 3 N–H and O–H groups in total. The molecule has 0 bridgehead atoms. The molecule has 24 heavy (non-hydrogen) atoms. The van der Waals surface area contributed by atoms with Gasteiger partial charge in [0.1, 0.15) is 0 Å². The van der Waals surface area contributed by atoms with E-state index in [-0.39, 0.29) is 11.4 Å². The van der Waals surface area contributed by atoms with E-state index in [9.17, 15) is 4.79 Å². The summed E-state index contributed by atoms with van der Waals surface area (Å²) >= 11 is 0. The van der Waals surface area contributed by atoms with E-state index >= 15 is 0 Å². The number of carbonyl (C=O) groups is 1. The summed E-state index contributed by atoms with van der Waals surface area (Å²) in [4.78, 5) is 12.3. The standard InChI is InChI=1S/C18H28N2O4/c1-18(11-19,13-6-7-13)20-16(21)8-5-12-9-14(22-2)17(24-4)15(10-12)23-3/h9-10,13H,5-8,11,19H2,1-4H3,(H,20,21). The fourth-order valence-electron chi connectivity index (χ4n) is 2.96. The molecule has 0 radical (unpaired) electrons. The molecule has 1 aliphatic rings. The zero-order chi connectivity index (χ0) is 17.7. The maximum absolute atomic E-state index is 12.3. The summed E-state index contributed by atoms with van der Waals surface area (Å²) in [5, 5.41) is 3.10. The minimum absolute atomic E-state index is 0.0172. The van der Waals surface area contributed by atoms with Gasteiger partial charge in [-0.05, 0) is 49.8 Å². The predicted octanol–water partition coefficient (Wildman–Crippen LogP) is 1.89. The first-order valence-corrected chi connectivity index (χ1v) is 8.27. The van der Waals surface area contributed by atoms with Crippen LogP contribution in [0.4, 0.5) is 0 Å². The Morgan fingerprint density at radius 3 is 2.21 bits per heavy atom. The van der Waals surface area contributed by atoms with Crippen molar-refractivity contribution in [3.8, 4) is 17.2 Å². The van der Waals surface area contributed by atoms with Gasteiger partial charge in [-0.2, -0.15) is 0 Å². The number of nitrogens with two attached hydrogens (primary N) is 1. The van der Waals surface area contributed by atoms with Crippen molar-refractivity contribution in [1.29, 1.82) is 0 Å². The quantitative estimate of drug-likeness (QED) is 0.719. The van der Waals surface area contributed by atoms with E-state index < -0.39 is 0 Å². The van der Waals surface area contributed by atoms with Crippen LogP contribution in [-0.4, -0.2) is 39.3 Å². The van der Waals surface area contributed by atoms with E-state index in [0.717, 1.165) is 18.4 Å². The number of hydrogen-bond acceptors (Lipinski definition) is 5. The summed E-state index contributed by atoms with van der Waals surface area (Å²) in [5.41, 5.74) is 6.52. The summed E-state index contributed by atoms with van der Waals surface area (Å²) in [6.07, 6.45) is 3.26. The fourth-order valence-corrected chi connectivity index (χ4v) is 2.96. The fraction of sp³-hybridized carbons (Fsp3) is 0.611. The summed E-state index contributed by atoms with van der Waals surface area (Å²) < 4.78 is 16.0. The summed E-state index contributed by atoms with van der Waals surface area (Å²) in [6, 6.07) is 3.75. The minimum atomic E-state index is -0.285. The van der Waals surface area contributed by atoms with Crippen LogP contribution in [0.25, 0.3) is 0 Å². The molecule has 1 fully saturated rings. The third-order valence-electron chi connectivity index (χ3n) is 4.69. The summed E-state index contributed by atoms with van der Waals surface area (Å²) in [6.45, 7) is 2.50. The Labute approximate surface area is 143 Å². The zero-order valence-electron chi connectivity index (χ0n) is 15.0. The Hall–Kier alpha value is -1.95. The lowest BCUT2D eigenvalue weighted by Crippen LogP contribution is -2.53. The molecule has 1 atom stereocenters. The molecule has 1 aliphatic carbocycles. The van der Waals surface area contributed by atoms with Crippen LogP contribution in [0, 0.1) is 5.92 Å². The van der Waals surface area contributed by atoms with E-state index in [0.29, 0.717) is 42.6 Å². The lowest BCUT2D eigenvalue weighted by molar-refractivity contribution is -0.123. The van der Waals surface area contributed by atoms with Gasteiger partial charge in [0.25, 0.3) is 0 Å². The Kier molecular flexibility index (Phi) is 5.94. The number of methoxy groups -OCH3 is 3. The van der Waals surface area contributed by atoms with Crippen molar-refractivity contribution in [3.05, 3.63) is 17.7 Å². The molecule has 134 valence electrons. The van der Waals surface area contributed by atoms with Gasteiger partial charge in [0.15, 0.2) is 11.5 Å². The van der Waals surface area contributed by atoms with Gasteiger partial charge in [0.2, 0.25) is 11.7 Å². The molecule has 1 aromatic carbocycles. The molecule has 0 spiro atoms. The van der Waals surface area contributed by atoms with Crippen LogP contribution in [0.15, 0.2) is 12.1 Å². The molecule has 1 unspecified atom stereocenters. The van der Waals surface area contributed by atoms with E-state index in [1.165, 1.54) is 0 Å². The van der Waals surface area contributed by atoms with Gasteiger partial charge in [0, 0.05) is 13.0 Å². The SMILES string of the molecule is COc1cc(CCC(=O)NC(C)(CN)C2CC2)cc(OC)c1OC. The summed E-state index contributed by atoms with van der Waals surface area (Å²) in [5.74, 6) is 2.27. The molecule has 6 heteroatoms. The van der Waals surface area contributed by atoms with E-state index in [4.69, 9.17) is 19.9 Å². The number of hydrogen-bond donors (Lipinski definition) is 2. The van der Waals surface area contributed by atoms with E-state index in [1.807, 2.05) is 19.1 Å². The van der Waals surface area contributed by atoms with Gasteiger partial charge in [-0.25, -0.2) is 0 Å². The number of ether oxygens (including phenoxy) is 3. The first-order chi connectivity index (χ1) is 11.5. The van der Waals surface area contributed by atoms with Crippen molar-refractivity contribution in [1.82, 2.24) is 5.32 Å². The minimum Gasteiger partial charge on any atom is -0.493 e. The van der Waals surface area contributed by atoms with Crippen LogP contribution in [0.3, 0.4) is 0 Å². The van der Waals surface area contributed by atoms with Gasteiger partial charge in [0.05, 0.1) is 26.9 Å². The average molecular weight is 336 g/mol. The largest absolute Gasteiger partial charge is 0.493 e. The molecule has 1 aromatic rings. The monoisotopic (exact) mass is 336 g/mol. The van der Waals surface area contributed by atoms with Crippen LogP contribution >= 0.6 is 0 Å². The molecular formula is C18H28N2O4. The Morgan fingerprint density at radius 2 is 1.79 bits per heavy atom. The van der Waals surface area contributed by atoms with E-state index in [2.05, 4.69) is 5.32 Å². The highest BCUT2D eigenvalue weighted by Crippen LogP contribution is 2.39. The smallest absolute Gasteiger partial charge is 0.220 e. The molecule has 0 aromatic heterocycles. The second-order valence-electron chi connectivity index (χ2n) is 6.48. The van der Waals surface area contributed by atoms with Gasteiger partial charge < -0.3 is 25.3 Å². The average Bonchev–Trinajstić information content (AvgIpc) is 3.44. The lowest BCUT2D eigenvalue weighted by atomic mass is 9.95. The highest BCUT2D eigenvalue weighted by Gasteiger charge is 2.41. The number of carbonyl (C=O) groups excluding carboxylic acids is 1. The van der Waals surface area contributed by atoms with Gasteiger partial charge in [-0.1, -0.05) is 0 Å². The normalized spacial score (nSPS) is 16.2. The topological polar surface area (TPSA) is 82.8 Å². The highest BCUT2D eigenvalue weighted by molar-refractivity contribution is 5.77. The van der Waals surface area contributed by atoms with Crippen LogP contribution in [0.2, 0.25) is 0 Å². The van der Waals surface area contributed by atoms with Crippen molar-refractivity contribution >= 4 is 5.91 Å².